The van der Waals surface area contributed by atoms with Gasteiger partial charge in [0.1, 0.15) is 18.2 Å². The fourth-order valence-corrected chi connectivity index (χ4v) is 2.25. The highest BCUT2D eigenvalue weighted by Crippen LogP contribution is 2.40. The van der Waals surface area contributed by atoms with Gasteiger partial charge in [0, 0.05) is 5.02 Å². The molecule has 0 aromatic heterocycles. The minimum atomic E-state index is -0.236. The first kappa shape index (κ1) is 16.4. The van der Waals surface area contributed by atoms with E-state index in [1.165, 1.54) is 0 Å². The van der Waals surface area contributed by atoms with Crippen molar-refractivity contribution in [3.63, 3.8) is 0 Å². The number of halogens is 1. The lowest BCUT2D eigenvalue weighted by molar-refractivity contribution is 1.03. The highest BCUT2D eigenvalue weighted by molar-refractivity contribution is 6.30. The predicted molar refractivity (Wildman–Crippen MR) is 88.3 cm³/mol. The summed E-state index contributed by atoms with van der Waals surface area (Å²) in [5.41, 5.74) is 7.47. The lowest BCUT2D eigenvalue weighted by atomic mass is 9.98. The van der Waals surface area contributed by atoms with E-state index in [1.807, 2.05) is 30.4 Å². The zero-order chi connectivity index (χ0) is 16.8. The normalized spacial score (nSPS) is 14.3. The average molecular weight is 321 g/mol. The van der Waals surface area contributed by atoms with Crippen molar-refractivity contribution in [1.29, 1.82) is 15.8 Å². The molecule has 1 saturated carbocycles. The topological polar surface area (TPSA) is 97.4 Å². The molecule has 23 heavy (non-hydrogen) atoms. The van der Waals surface area contributed by atoms with Crippen molar-refractivity contribution in [1.82, 2.24) is 0 Å². The number of allylic oxidation sites excluding steroid dienone is 4. The molecule has 2 N–H and O–H groups in total. The number of nitrogens with zero attached hydrogens (tertiary/aromatic N) is 3. The van der Waals surface area contributed by atoms with Crippen molar-refractivity contribution in [3.05, 3.63) is 63.3 Å². The second-order valence-electron chi connectivity index (χ2n) is 5.11. The van der Waals surface area contributed by atoms with E-state index in [2.05, 4.69) is 0 Å². The molecule has 1 fully saturated rings. The van der Waals surface area contributed by atoms with Crippen LogP contribution in [0.15, 0.2) is 52.8 Å². The Bertz CT molecular complexity index is 804. The third kappa shape index (κ3) is 4.01. The molecule has 1 aliphatic carbocycles. The fourth-order valence-electron chi connectivity index (χ4n) is 2.13. The zero-order valence-electron chi connectivity index (χ0n) is 12.3. The van der Waals surface area contributed by atoms with E-state index >= 15 is 0 Å². The quantitative estimate of drug-likeness (QED) is 0.673. The molecule has 1 aromatic carbocycles. The molecular formula is C18H13ClN4. The maximum Gasteiger partial charge on any atom is 0.153 e. The van der Waals surface area contributed by atoms with Gasteiger partial charge in [-0.3, -0.25) is 0 Å². The van der Waals surface area contributed by atoms with Gasteiger partial charge in [0.05, 0.1) is 11.3 Å². The van der Waals surface area contributed by atoms with Crippen molar-refractivity contribution >= 4 is 17.7 Å². The first-order valence-electron chi connectivity index (χ1n) is 6.99. The largest absolute Gasteiger partial charge is 0.396 e. The Hall–Kier alpha value is -3.00. The van der Waals surface area contributed by atoms with Gasteiger partial charge in [0.2, 0.25) is 0 Å². The molecule has 0 spiro atoms. The Morgan fingerprint density at radius 1 is 1.09 bits per heavy atom. The SMILES string of the molecule is N#CC(C#N)=C(N)/C(C#N)=C(\C=C\c1ccc(Cl)cc1)C1CC1. The molecule has 5 heteroatoms. The van der Waals surface area contributed by atoms with Crippen LogP contribution in [0.2, 0.25) is 5.02 Å². The van der Waals surface area contributed by atoms with Gasteiger partial charge in [-0.15, -0.1) is 0 Å². The van der Waals surface area contributed by atoms with Crippen LogP contribution >= 0.6 is 11.6 Å². The van der Waals surface area contributed by atoms with Crippen LogP contribution < -0.4 is 5.73 Å². The van der Waals surface area contributed by atoms with E-state index in [9.17, 15) is 5.26 Å². The minimum absolute atomic E-state index is 0.0554. The molecule has 0 atom stereocenters. The van der Waals surface area contributed by atoms with E-state index < -0.39 is 0 Å². The third-order valence-electron chi connectivity index (χ3n) is 3.51. The van der Waals surface area contributed by atoms with E-state index in [-0.39, 0.29) is 22.8 Å². The molecule has 1 aliphatic rings. The first-order valence-corrected chi connectivity index (χ1v) is 7.36. The van der Waals surface area contributed by atoms with Gasteiger partial charge in [-0.25, -0.2) is 0 Å². The molecule has 0 saturated heterocycles. The number of benzene rings is 1. The number of rotatable bonds is 4. The average Bonchev–Trinajstić information content (AvgIpc) is 3.38. The smallest absolute Gasteiger partial charge is 0.153 e. The molecule has 2 rings (SSSR count). The van der Waals surface area contributed by atoms with Gasteiger partial charge in [-0.05, 0) is 42.0 Å². The highest BCUT2D eigenvalue weighted by atomic mass is 35.5. The monoisotopic (exact) mass is 320 g/mol. The Kier molecular flexibility index (Phi) is 5.21. The van der Waals surface area contributed by atoms with E-state index in [4.69, 9.17) is 27.9 Å². The Morgan fingerprint density at radius 3 is 2.17 bits per heavy atom. The molecule has 0 heterocycles. The lowest BCUT2D eigenvalue weighted by Gasteiger charge is -2.06. The Labute approximate surface area is 140 Å². The van der Waals surface area contributed by atoms with Crippen LogP contribution in [0.3, 0.4) is 0 Å². The van der Waals surface area contributed by atoms with E-state index in [0.717, 1.165) is 24.0 Å². The molecule has 112 valence electrons. The van der Waals surface area contributed by atoms with E-state index in [1.54, 1.807) is 24.3 Å². The second kappa shape index (κ2) is 7.32. The van der Waals surface area contributed by atoms with Gasteiger partial charge in [-0.1, -0.05) is 35.9 Å². The van der Waals surface area contributed by atoms with Gasteiger partial charge >= 0.3 is 0 Å². The summed E-state index contributed by atoms with van der Waals surface area (Å²) >= 11 is 5.86. The number of nitriles is 3. The Morgan fingerprint density at radius 2 is 1.70 bits per heavy atom. The van der Waals surface area contributed by atoms with Gasteiger partial charge < -0.3 is 5.73 Å². The highest BCUT2D eigenvalue weighted by Gasteiger charge is 2.28. The van der Waals surface area contributed by atoms with Crippen LogP contribution in [0, 0.1) is 39.9 Å². The van der Waals surface area contributed by atoms with Gasteiger partial charge in [0.15, 0.2) is 5.57 Å². The summed E-state index contributed by atoms with van der Waals surface area (Å²) in [6.07, 6.45) is 5.63. The molecular weight excluding hydrogens is 308 g/mol. The summed E-state index contributed by atoms with van der Waals surface area (Å²) in [5, 5.41) is 28.0. The summed E-state index contributed by atoms with van der Waals surface area (Å²) in [4.78, 5) is 0. The maximum absolute atomic E-state index is 9.42. The zero-order valence-corrected chi connectivity index (χ0v) is 13.0. The first-order chi connectivity index (χ1) is 11.1. The summed E-state index contributed by atoms with van der Waals surface area (Å²) < 4.78 is 0. The van der Waals surface area contributed by atoms with Crippen LogP contribution in [0.5, 0.6) is 0 Å². The number of hydrogen-bond donors (Lipinski definition) is 1. The molecule has 0 amide bonds. The van der Waals surface area contributed by atoms with Crippen LogP contribution in [0.4, 0.5) is 0 Å². The van der Waals surface area contributed by atoms with Gasteiger partial charge in [-0.2, -0.15) is 15.8 Å². The van der Waals surface area contributed by atoms with Crippen molar-refractivity contribution in [2.24, 2.45) is 11.7 Å². The molecule has 0 unspecified atom stereocenters. The summed E-state index contributed by atoms with van der Waals surface area (Å²) in [6, 6.07) is 12.8. The third-order valence-corrected chi connectivity index (χ3v) is 3.76. The van der Waals surface area contributed by atoms with Crippen molar-refractivity contribution < 1.29 is 0 Å². The summed E-state index contributed by atoms with van der Waals surface area (Å²) in [7, 11) is 0. The summed E-state index contributed by atoms with van der Waals surface area (Å²) in [5.74, 6) is 0.241. The van der Waals surface area contributed by atoms with Crippen molar-refractivity contribution in [2.45, 2.75) is 12.8 Å². The van der Waals surface area contributed by atoms with Crippen LogP contribution in [0.1, 0.15) is 18.4 Å². The van der Waals surface area contributed by atoms with Crippen molar-refractivity contribution in [2.75, 3.05) is 0 Å². The standard InChI is InChI=1S/C18H13ClN4/c19-15-6-1-12(2-7-15)3-8-16(13-4-5-13)17(11-22)18(23)14(9-20)10-21/h1-3,6-8,13H,4-5,23H2/b8-3+,17-16+. The molecule has 0 aliphatic heterocycles. The maximum atomic E-state index is 9.42. The number of nitrogens with two attached hydrogens (primary N) is 1. The lowest BCUT2D eigenvalue weighted by Crippen LogP contribution is -2.06. The summed E-state index contributed by atoms with van der Waals surface area (Å²) in [6.45, 7) is 0. The molecule has 1 aromatic rings. The predicted octanol–water partition coefficient (Wildman–Crippen LogP) is 3.84. The molecule has 0 radical (unpaired) electrons. The fraction of sp³-hybridized carbons (Fsp3) is 0.167. The molecule has 4 nitrogen and oxygen atoms in total. The van der Waals surface area contributed by atoms with Crippen LogP contribution in [-0.2, 0) is 0 Å². The van der Waals surface area contributed by atoms with Gasteiger partial charge in [0.25, 0.3) is 0 Å². The van der Waals surface area contributed by atoms with Crippen molar-refractivity contribution in [3.8, 4) is 18.2 Å². The number of hydrogen-bond acceptors (Lipinski definition) is 4. The Balaban J connectivity index is 2.46. The minimum Gasteiger partial charge on any atom is -0.396 e. The van der Waals surface area contributed by atoms with Crippen LogP contribution in [-0.4, -0.2) is 0 Å². The van der Waals surface area contributed by atoms with Crippen LogP contribution in [0.25, 0.3) is 6.08 Å². The molecule has 0 bridgehead atoms. The second-order valence-corrected chi connectivity index (χ2v) is 5.55. The van der Waals surface area contributed by atoms with E-state index in [0.29, 0.717) is 5.02 Å².